The van der Waals surface area contributed by atoms with Crippen molar-refractivity contribution in [1.29, 1.82) is 0 Å². The van der Waals surface area contributed by atoms with Crippen LogP contribution in [-0.2, 0) is 6.42 Å². The van der Waals surface area contributed by atoms with E-state index >= 15 is 0 Å². The van der Waals surface area contributed by atoms with Gasteiger partial charge >= 0.3 is 0 Å². The zero-order chi connectivity index (χ0) is 14.8. The van der Waals surface area contributed by atoms with Gasteiger partial charge in [0.2, 0.25) is 0 Å². The molecular weight excluding hydrogens is 270 g/mol. The molecule has 3 heteroatoms. The summed E-state index contributed by atoms with van der Waals surface area (Å²) in [7, 11) is 0. The first-order valence-electron chi connectivity index (χ1n) is 8.93. The smallest absolute Gasteiger partial charge is 0.0456 e. The first-order valence-corrected chi connectivity index (χ1v) is 8.93. The predicted molar refractivity (Wildman–Crippen MR) is 92.2 cm³/mol. The minimum absolute atomic E-state index is 0.723. The Kier molecular flexibility index (Phi) is 4.17. The van der Waals surface area contributed by atoms with E-state index in [4.69, 9.17) is 0 Å². The zero-order valence-corrected chi connectivity index (χ0v) is 13.3. The molecule has 1 aliphatic carbocycles. The lowest BCUT2D eigenvalue weighted by Gasteiger charge is -2.26. The van der Waals surface area contributed by atoms with E-state index < -0.39 is 0 Å². The molecule has 1 aromatic heterocycles. The Balaban J connectivity index is 1.34. The minimum atomic E-state index is 0.723. The Morgan fingerprint density at radius 2 is 2.05 bits per heavy atom. The Morgan fingerprint density at radius 3 is 2.95 bits per heavy atom. The average Bonchev–Trinajstić information content (AvgIpc) is 3.28. The molecule has 2 heterocycles. The maximum Gasteiger partial charge on any atom is 0.0456 e. The number of benzene rings is 1. The SMILES string of the molecule is c1ccc2c(CCNC3CCCC3C3CCCN3)c[nH]c2c1. The molecule has 1 aromatic carbocycles. The fourth-order valence-electron chi connectivity index (χ4n) is 4.53. The molecule has 2 fully saturated rings. The minimum Gasteiger partial charge on any atom is -0.361 e. The van der Waals surface area contributed by atoms with Gasteiger partial charge < -0.3 is 15.6 Å². The van der Waals surface area contributed by atoms with Crippen molar-refractivity contribution in [1.82, 2.24) is 15.6 Å². The van der Waals surface area contributed by atoms with Crippen molar-refractivity contribution in [2.24, 2.45) is 5.92 Å². The van der Waals surface area contributed by atoms with Crippen LogP contribution in [0.15, 0.2) is 30.5 Å². The summed E-state index contributed by atoms with van der Waals surface area (Å²) in [5.74, 6) is 0.852. The van der Waals surface area contributed by atoms with Gasteiger partial charge in [-0.2, -0.15) is 0 Å². The van der Waals surface area contributed by atoms with Gasteiger partial charge in [-0.05, 0) is 62.7 Å². The first kappa shape index (κ1) is 14.3. The van der Waals surface area contributed by atoms with Crippen molar-refractivity contribution in [2.45, 2.75) is 50.6 Å². The number of aromatic nitrogens is 1. The summed E-state index contributed by atoms with van der Waals surface area (Å²) in [4.78, 5) is 3.38. The Morgan fingerprint density at radius 1 is 1.09 bits per heavy atom. The molecule has 0 bridgehead atoms. The first-order chi connectivity index (χ1) is 10.9. The Bertz CT molecular complexity index is 612. The van der Waals surface area contributed by atoms with Crippen LogP contribution in [0, 0.1) is 5.92 Å². The van der Waals surface area contributed by atoms with Gasteiger partial charge in [0.05, 0.1) is 0 Å². The summed E-state index contributed by atoms with van der Waals surface area (Å²) in [6, 6.07) is 10.1. The predicted octanol–water partition coefficient (Wildman–Crippen LogP) is 3.22. The van der Waals surface area contributed by atoms with Crippen molar-refractivity contribution in [2.75, 3.05) is 13.1 Å². The van der Waals surface area contributed by atoms with Crippen LogP contribution < -0.4 is 10.6 Å². The summed E-state index contributed by atoms with van der Waals surface area (Å²) >= 11 is 0. The van der Waals surface area contributed by atoms with Crippen LogP contribution in [0.5, 0.6) is 0 Å². The molecule has 3 atom stereocenters. The standard InChI is InChI=1S/C19H27N3/c1-2-7-17-15(5-1)14(13-22-17)10-12-21-18-8-3-6-16(18)19-9-4-11-20-19/h1-2,5,7,13,16,18-22H,3-4,6,8-12H2. The summed E-state index contributed by atoms with van der Waals surface area (Å²) in [5.41, 5.74) is 2.70. The van der Waals surface area contributed by atoms with E-state index in [0.717, 1.165) is 31.0 Å². The highest BCUT2D eigenvalue weighted by Gasteiger charge is 2.34. The molecule has 0 amide bonds. The quantitative estimate of drug-likeness (QED) is 0.793. The number of para-hydroxylation sites is 1. The summed E-state index contributed by atoms with van der Waals surface area (Å²) < 4.78 is 0. The molecule has 118 valence electrons. The number of rotatable bonds is 5. The van der Waals surface area contributed by atoms with Gasteiger partial charge in [0, 0.05) is 29.2 Å². The highest BCUT2D eigenvalue weighted by atomic mass is 15.0. The second kappa shape index (κ2) is 6.43. The lowest BCUT2D eigenvalue weighted by molar-refractivity contribution is 0.322. The molecule has 0 spiro atoms. The normalized spacial score (nSPS) is 28.6. The summed E-state index contributed by atoms with van der Waals surface area (Å²) in [6.07, 6.45) is 10.2. The van der Waals surface area contributed by atoms with Gasteiger partial charge in [0.15, 0.2) is 0 Å². The van der Waals surface area contributed by atoms with Crippen molar-refractivity contribution >= 4 is 10.9 Å². The third-order valence-electron chi connectivity index (χ3n) is 5.66. The number of aromatic amines is 1. The molecule has 2 aliphatic rings. The highest BCUT2D eigenvalue weighted by Crippen LogP contribution is 2.32. The Hall–Kier alpha value is -1.32. The van der Waals surface area contributed by atoms with E-state index in [1.807, 2.05) is 0 Å². The Labute approximate surface area is 132 Å². The van der Waals surface area contributed by atoms with Crippen molar-refractivity contribution in [3.63, 3.8) is 0 Å². The number of fused-ring (bicyclic) bond motifs is 1. The van der Waals surface area contributed by atoms with Gasteiger partial charge in [-0.3, -0.25) is 0 Å². The second-order valence-electron chi connectivity index (χ2n) is 6.97. The molecule has 3 unspecified atom stereocenters. The molecule has 3 nitrogen and oxygen atoms in total. The van der Waals surface area contributed by atoms with Gasteiger partial charge in [-0.15, -0.1) is 0 Å². The molecule has 2 aromatic rings. The molecule has 1 saturated carbocycles. The second-order valence-corrected chi connectivity index (χ2v) is 6.97. The van der Waals surface area contributed by atoms with E-state index in [0.29, 0.717) is 0 Å². The number of H-pyrrole nitrogens is 1. The van der Waals surface area contributed by atoms with Crippen LogP contribution in [0.1, 0.15) is 37.7 Å². The third kappa shape index (κ3) is 2.80. The highest BCUT2D eigenvalue weighted by molar-refractivity contribution is 5.83. The number of hydrogen-bond donors (Lipinski definition) is 3. The summed E-state index contributed by atoms with van der Waals surface area (Å²) in [6.45, 7) is 2.32. The van der Waals surface area contributed by atoms with Crippen molar-refractivity contribution < 1.29 is 0 Å². The monoisotopic (exact) mass is 297 g/mol. The topological polar surface area (TPSA) is 39.8 Å². The van der Waals surface area contributed by atoms with E-state index in [1.165, 1.54) is 55.1 Å². The van der Waals surface area contributed by atoms with Crippen molar-refractivity contribution in [3.8, 4) is 0 Å². The van der Waals surface area contributed by atoms with Gasteiger partial charge in [-0.25, -0.2) is 0 Å². The third-order valence-corrected chi connectivity index (χ3v) is 5.66. The fraction of sp³-hybridized carbons (Fsp3) is 0.579. The molecule has 4 rings (SSSR count). The van der Waals surface area contributed by atoms with Crippen LogP contribution in [-0.4, -0.2) is 30.2 Å². The van der Waals surface area contributed by atoms with Crippen molar-refractivity contribution in [3.05, 3.63) is 36.0 Å². The van der Waals surface area contributed by atoms with E-state index in [-0.39, 0.29) is 0 Å². The van der Waals surface area contributed by atoms with Crippen LogP contribution >= 0.6 is 0 Å². The van der Waals surface area contributed by atoms with Gasteiger partial charge in [0.25, 0.3) is 0 Å². The molecular formula is C19H27N3. The average molecular weight is 297 g/mol. The summed E-state index contributed by atoms with van der Waals surface area (Å²) in [5, 5.41) is 8.95. The maximum atomic E-state index is 3.86. The molecule has 1 aliphatic heterocycles. The van der Waals surface area contributed by atoms with Crippen LogP contribution in [0.4, 0.5) is 0 Å². The van der Waals surface area contributed by atoms with Crippen LogP contribution in [0.25, 0.3) is 10.9 Å². The lowest BCUT2D eigenvalue weighted by Crippen LogP contribution is -2.42. The zero-order valence-electron chi connectivity index (χ0n) is 13.3. The van der Waals surface area contributed by atoms with Gasteiger partial charge in [-0.1, -0.05) is 24.6 Å². The fourth-order valence-corrected chi connectivity index (χ4v) is 4.53. The molecule has 1 saturated heterocycles. The largest absolute Gasteiger partial charge is 0.361 e. The van der Waals surface area contributed by atoms with E-state index in [2.05, 4.69) is 46.1 Å². The number of nitrogens with one attached hydrogen (secondary N) is 3. The van der Waals surface area contributed by atoms with E-state index in [9.17, 15) is 0 Å². The van der Waals surface area contributed by atoms with Gasteiger partial charge in [0.1, 0.15) is 0 Å². The molecule has 0 radical (unpaired) electrons. The van der Waals surface area contributed by atoms with Crippen LogP contribution in [0.2, 0.25) is 0 Å². The molecule has 22 heavy (non-hydrogen) atoms. The lowest BCUT2D eigenvalue weighted by atomic mass is 9.93. The van der Waals surface area contributed by atoms with E-state index in [1.54, 1.807) is 0 Å². The maximum absolute atomic E-state index is 3.86. The van der Waals surface area contributed by atoms with Crippen LogP contribution in [0.3, 0.4) is 0 Å². The number of hydrogen-bond acceptors (Lipinski definition) is 2. The molecule has 3 N–H and O–H groups in total.